The molecule has 0 aliphatic rings. The van der Waals surface area contributed by atoms with Gasteiger partial charge in [0.05, 0.1) is 14.8 Å². The molecule has 0 radical (unpaired) electrons. The molecule has 0 fully saturated rings. The molecule has 0 saturated carbocycles. The fourth-order valence-electron chi connectivity index (χ4n) is 2.43. The Morgan fingerprint density at radius 2 is 1.81 bits per heavy atom. The van der Waals surface area contributed by atoms with Gasteiger partial charge in [-0.05, 0) is 48.9 Å². The molecule has 0 aliphatic carbocycles. The highest BCUT2D eigenvalue weighted by Gasteiger charge is 2.39. The first-order chi connectivity index (χ1) is 13.4. The molecule has 3 aromatic rings. The Labute approximate surface area is 160 Å². The highest BCUT2D eigenvalue weighted by Crippen LogP contribution is 2.40. The van der Waals surface area contributed by atoms with Gasteiger partial charge in [-0.25, -0.2) is 9.67 Å². The lowest BCUT2D eigenvalue weighted by atomic mass is 9.90. The highest BCUT2D eigenvalue weighted by molar-refractivity contribution is 6.30. The van der Waals surface area contributed by atoms with Gasteiger partial charge in [0, 0.05) is 5.02 Å². The van der Waals surface area contributed by atoms with Crippen molar-refractivity contribution in [2.75, 3.05) is 0 Å². The normalized spacial score (nSPS) is 15.6. The molecule has 1 N–H and O–H groups in total. The van der Waals surface area contributed by atoms with Crippen LogP contribution in [0.25, 0.3) is 0 Å². The van der Waals surface area contributed by atoms with Gasteiger partial charge < -0.3 is 9.84 Å². The van der Waals surface area contributed by atoms with E-state index < -0.39 is 29.4 Å². The molecule has 0 aliphatic heterocycles. The summed E-state index contributed by atoms with van der Waals surface area (Å²) < 4.78 is 63.6. The average molecular weight is 400 g/mol. The minimum atomic E-state index is -4.88. The van der Waals surface area contributed by atoms with Gasteiger partial charge in [-0.1, -0.05) is 17.7 Å². The van der Waals surface area contributed by atoms with Crippen molar-refractivity contribution in [1.82, 2.24) is 14.8 Å². The summed E-state index contributed by atoms with van der Waals surface area (Å²) >= 11 is 5.78. The number of ether oxygens (including phenoxy) is 1. The number of nitrogens with zero attached hydrogens (tertiary/aromatic N) is 3. The first-order valence-corrected chi connectivity index (χ1v) is 8.03. The molecule has 1 atom stereocenters. The van der Waals surface area contributed by atoms with Crippen LogP contribution in [0.2, 0.25) is 5.02 Å². The Hall–Kier alpha value is -2.58. The molecule has 0 amide bonds. The van der Waals surface area contributed by atoms with Gasteiger partial charge in [0.1, 0.15) is 29.8 Å². The average Bonchev–Trinajstić information content (AvgIpc) is 3.18. The zero-order valence-corrected chi connectivity index (χ0v) is 14.7. The Kier molecular flexibility index (Phi) is 4.43. The van der Waals surface area contributed by atoms with Crippen molar-refractivity contribution >= 4 is 11.6 Å². The van der Waals surface area contributed by atoms with Gasteiger partial charge in [-0.2, -0.15) is 18.3 Å². The molecule has 1 aromatic heterocycles. The second-order valence-electron chi connectivity index (χ2n) is 5.79. The molecule has 3 rings (SSSR count). The maximum atomic E-state index is 13.7. The van der Waals surface area contributed by atoms with Crippen LogP contribution in [-0.2, 0) is 18.3 Å². The van der Waals surface area contributed by atoms with E-state index >= 15 is 0 Å². The van der Waals surface area contributed by atoms with Gasteiger partial charge in [0.25, 0.3) is 0 Å². The van der Waals surface area contributed by atoms with E-state index in [1.807, 2.05) is 0 Å². The summed E-state index contributed by atoms with van der Waals surface area (Å²) in [6.45, 7) is -1.78. The summed E-state index contributed by atoms with van der Waals surface area (Å²) in [7, 11) is 0. The van der Waals surface area contributed by atoms with Gasteiger partial charge >= 0.3 is 6.18 Å². The van der Waals surface area contributed by atoms with Crippen LogP contribution < -0.4 is 4.74 Å². The number of benzene rings is 2. The molecule has 1 unspecified atom stereocenters. The van der Waals surface area contributed by atoms with Crippen LogP contribution >= 0.6 is 11.6 Å². The molecule has 0 bridgehead atoms. The minimum absolute atomic E-state index is 0.138. The number of hydrogen-bond acceptors (Lipinski definition) is 4. The van der Waals surface area contributed by atoms with E-state index in [1.54, 1.807) is 0 Å². The summed E-state index contributed by atoms with van der Waals surface area (Å²) in [6.07, 6.45) is -2.89. The van der Waals surface area contributed by atoms with Crippen molar-refractivity contribution in [1.29, 1.82) is 0 Å². The number of rotatable bonds is 5. The fourth-order valence-corrected chi connectivity index (χ4v) is 2.56. The van der Waals surface area contributed by atoms with Crippen LogP contribution in [0.3, 0.4) is 0 Å². The highest BCUT2D eigenvalue weighted by atomic mass is 35.5. The predicted molar refractivity (Wildman–Crippen MR) is 92.6 cm³/mol. The number of aromatic nitrogens is 3. The van der Waals surface area contributed by atoms with Crippen molar-refractivity contribution in [3.63, 3.8) is 0 Å². The van der Waals surface area contributed by atoms with Crippen LogP contribution in [0.5, 0.6) is 11.5 Å². The smallest absolute Gasteiger partial charge is 0.416 e. The lowest BCUT2D eigenvalue weighted by Crippen LogP contribution is -2.31. The Bertz CT molecular complexity index is 995. The van der Waals surface area contributed by atoms with Crippen LogP contribution in [0, 0.1) is 0 Å². The van der Waals surface area contributed by atoms with E-state index in [9.17, 15) is 18.3 Å². The largest absolute Gasteiger partial charge is 0.457 e. The molecule has 27 heavy (non-hydrogen) atoms. The number of hydrogen-bond donors (Lipinski definition) is 1. The molecule has 9 heteroatoms. The Morgan fingerprint density at radius 3 is 2.41 bits per heavy atom. The van der Waals surface area contributed by atoms with Crippen LogP contribution in [-0.4, -0.2) is 19.9 Å². The van der Waals surface area contributed by atoms with Crippen LogP contribution in [0.1, 0.15) is 20.8 Å². The third kappa shape index (κ3) is 4.58. The summed E-state index contributed by atoms with van der Waals surface area (Å²) in [5, 5.41) is 14.9. The SMILES string of the molecule is [2H]C([2H])(n1cncn1)C(C)(O)c1ccc(Oc2ccc(Cl)cc2)cc1C(F)(F)F. The molecule has 2 aromatic carbocycles. The van der Waals surface area contributed by atoms with E-state index in [4.69, 9.17) is 19.1 Å². The topological polar surface area (TPSA) is 60.2 Å². The van der Waals surface area contributed by atoms with E-state index in [-0.39, 0.29) is 11.5 Å². The molecule has 0 spiro atoms. The van der Waals surface area contributed by atoms with Crippen molar-refractivity contribution in [2.24, 2.45) is 0 Å². The quantitative estimate of drug-likeness (QED) is 0.678. The summed E-state index contributed by atoms with van der Waals surface area (Å²) in [4.78, 5) is 3.58. The monoisotopic (exact) mass is 399 g/mol. The van der Waals surface area contributed by atoms with E-state index in [2.05, 4.69) is 10.1 Å². The second kappa shape index (κ2) is 7.21. The second-order valence-corrected chi connectivity index (χ2v) is 6.22. The molecule has 0 saturated heterocycles. The number of halogens is 4. The van der Waals surface area contributed by atoms with Crippen LogP contribution in [0.15, 0.2) is 55.1 Å². The summed E-state index contributed by atoms with van der Waals surface area (Å²) in [6, 6.07) is 8.91. The predicted octanol–water partition coefficient (Wildman–Crippen LogP) is 4.65. The first kappa shape index (κ1) is 16.6. The third-order valence-corrected chi connectivity index (χ3v) is 3.87. The third-order valence-electron chi connectivity index (χ3n) is 3.62. The fraction of sp³-hybridized carbons (Fsp3) is 0.222. The minimum Gasteiger partial charge on any atom is -0.457 e. The Morgan fingerprint density at radius 1 is 1.15 bits per heavy atom. The van der Waals surface area contributed by atoms with Crippen molar-refractivity contribution < 1.29 is 25.8 Å². The molecular weight excluding hydrogens is 383 g/mol. The molecule has 142 valence electrons. The zero-order valence-electron chi connectivity index (χ0n) is 15.9. The maximum Gasteiger partial charge on any atom is 0.416 e. The van der Waals surface area contributed by atoms with Gasteiger partial charge in [-0.3, -0.25) is 0 Å². The standard InChI is InChI=1S/C18H15ClF3N3O2/c1-17(26,9-25-11-23-10-24-25)15-7-6-14(8-16(15)18(20,21)22)27-13-4-2-12(19)3-5-13/h2-8,10-11,26H,9H2,1H3/i9D2. The van der Waals surface area contributed by atoms with Crippen molar-refractivity contribution in [3.8, 4) is 11.5 Å². The van der Waals surface area contributed by atoms with Gasteiger partial charge in [-0.15, -0.1) is 0 Å². The molecule has 5 nitrogen and oxygen atoms in total. The van der Waals surface area contributed by atoms with Gasteiger partial charge in [0.15, 0.2) is 0 Å². The summed E-state index contributed by atoms with van der Waals surface area (Å²) in [5.41, 5.74) is -4.50. The lowest BCUT2D eigenvalue weighted by molar-refractivity contribution is -0.140. The molecule has 1 heterocycles. The zero-order chi connectivity index (χ0) is 21.4. The van der Waals surface area contributed by atoms with E-state index in [0.29, 0.717) is 15.8 Å². The Balaban J connectivity index is 2.05. The van der Waals surface area contributed by atoms with Crippen molar-refractivity contribution in [3.05, 3.63) is 71.3 Å². The van der Waals surface area contributed by atoms with Crippen molar-refractivity contribution in [2.45, 2.75) is 25.2 Å². The van der Waals surface area contributed by atoms with E-state index in [0.717, 1.165) is 25.6 Å². The molecular formula is C18H15ClF3N3O2. The summed E-state index contributed by atoms with van der Waals surface area (Å²) in [5.74, 6) is 0.125. The van der Waals surface area contributed by atoms with E-state index in [1.165, 1.54) is 30.3 Å². The van der Waals surface area contributed by atoms with Gasteiger partial charge in [0.2, 0.25) is 0 Å². The number of aliphatic hydroxyl groups is 1. The first-order valence-electron chi connectivity index (χ1n) is 8.65. The number of alkyl halides is 3. The lowest BCUT2D eigenvalue weighted by Gasteiger charge is -2.27. The van der Waals surface area contributed by atoms with Crippen LogP contribution in [0.4, 0.5) is 13.2 Å². The maximum absolute atomic E-state index is 13.7.